The summed E-state index contributed by atoms with van der Waals surface area (Å²) in [6.45, 7) is 9.25. The molecule has 2 aliphatic rings. The first kappa shape index (κ1) is 17.2. The van der Waals surface area contributed by atoms with Crippen molar-refractivity contribution in [1.82, 2.24) is 10.2 Å². The van der Waals surface area contributed by atoms with Gasteiger partial charge in [-0.3, -0.25) is 4.90 Å². The van der Waals surface area contributed by atoms with Gasteiger partial charge in [0.05, 0.1) is 6.61 Å². The minimum absolute atomic E-state index is 0.312. The van der Waals surface area contributed by atoms with Gasteiger partial charge in [-0.1, -0.05) is 39.5 Å². The van der Waals surface area contributed by atoms with Crippen LogP contribution in [0.25, 0.3) is 0 Å². The lowest BCUT2D eigenvalue weighted by Gasteiger charge is -2.46. The molecule has 21 heavy (non-hydrogen) atoms. The highest BCUT2D eigenvalue weighted by Crippen LogP contribution is 2.38. The smallest absolute Gasteiger partial charge is 0.0558 e. The van der Waals surface area contributed by atoms with Gasteiger partial charge in [0.15, 0.2) is 0 Å². The summed E-state index contributed by atoms with van der Waals surface area (Å²) in [5, 5.41) is 13.1. The molecule has 0 heterocycles. The summed E-state index contributed by atoms with van der Waals surface area (Å²) in [6, 6.07) is 0.751. The quantitative estimate of drug-likeness (QED) is 0.686. The Morgan fingerprint density at radius 3 is 2.38 bits per heavy atom. The van der Waals surface area contributed by atoms with Crippen molar-refractivity contribution >= 4 is 0 Å². The van der Waals surface area contributed by atoms with Gasteiger partial charge >= 0.3 is 0 Å². The molecule has 2 fully saturated rings. The molecule has 0 bridgehead atoms. The van der Waals surface area contributed by atoms with Crippen LogP contribution >= 0.6 is 0 Å². The van der Waals surface area contributed by atoms with Crippen molar-refractivity contribution in [3.8, 4) is 0 Å². The van der Waals surface area contributed by atoms with Crippen LogP contribution in [0.5, 0.6) is 0 Å². The fourth-order valence-corrected chi connectivity index (χ4v) is 4.02. The minimum Gasteiger partial charge on any atom is -0.395 e. The van der Waals surface area contributed by atoms with Gasteiger partial charge in [0, 0.05) is 25.7 Å². The first-order chi connectivity index (χ1) is 10.2. The van der Waals surface area contributed by atoms with Gasteiger partial charge in [0.25, 0.3) is 0 Å². The van der Waals surface area contributed by atoms with E-state index in [9.17, 15) is 5.11 Å². The molecule has 0 unspecified atom stereocenters. The molecule has 124 valence electrons. The molecule has 2 rings (SSSR count). The molecule has 3 nitrogen and oxygen atoms in total. The van der Waals surface area contributed by atoms with Crippen molar-refractivity contribution in [1.29, 1.82) is 0 Å². The van der Waals surface area contributed by atoms with Gasteiger partial charge < -0.3 is 10.4 Å². The lowest BCUT2D eigenvalue weighted by Crippen LogP contribution is -2.51. The average molecular weight is 296 g/mol. The third-order valence-electron chi connectivity index (χ3n) is 5.48. The Balaban J connectivity index is 1.92. The summed E-state index contributed by atoms with van der Waals surface area (Å²) in [6.07, 6.45) is 11.0. The highest BCUT2D eigenvalue weighted by Gasteiger charge is 2.36. The summed E-state index contributed by atoms with van der Waals surface area (Å²) in [5.74, 6) is 0.728. The third-order valence-corrected chi connectivity index (χ3v) is 5.48. The fraction of sp³-hybridized carbons (Fsp3) is 1.00. The van der Waals surface area contributed by atoms with E-state index >= 15 is 0 Å². The summed E-state index contributed by atoms with van der Waals surface area (Å²) in [7, 11) is 0. The SMILES string of the molecule is CC(C)CNCC1(CN(CCO)C2CCC2)CCCCC1. The third kappa shape index (κ3) is 5.22. The Bertz CT molecular complexity index is 283. The second-order valence-corrected chi connectivity index (χ2v) is 7.86. The molecule has 0 radical (unpaired) electrons. The fourth-order valence-electron chi connectivity index (χ4n) is 4.02. The number of hydrogen-bond donors (Lipinski definition) is 2. The first-order valence-electron chi connectivity index (χ1n) is 9.21. The number of rotatable bonds is 9. The van der Waals surface area contributed by atoms with Crippen LogP contribution in [0.1, 0.15) is 65.2 Å². The molecule has 2 aliphatic carbocycles. The summed E-state index contributed by atoms with van der Waals surface area (Å²) in [5.41, 5.74) is 0.456. The van der Waals surface area contributed by atoms with E-state index in [2.05, 4.69) is 24.1 Å². The molecule has 0 aromatic heterocycles. The zero-order valence-corrected chi connectivity index (χ0v) is 14.2. The molecule has 0 spiro atoms. The van der Waals surface area contributed by atoms with Gasteiger partial charge in [-0.05, 0) is 43.6 Å². The number of hydrogen-bond acceptors (Lipinski definition) is 3. The molecule has 0 atom stereocenters. The standard InChI is InChI=1S/C18H36N2O/c1-16(2)13-19-14-18(9-4-3-5-10-18)15-20(11-12-21)17-7-6-8-17/h16-17,19,21H,3-15H2,1-2H3. The second kappa shape index (κ2) is 8.50. The lowest BCUT2D eigenvalue weighted by atomic mass is 9.72. The monoisotopic (exact) mass is 296 g/mol. The zero-order chi connectivity index (χ0) is 15.1. The molecule has 2 N–H and O–H groups in total. The predicted molar refractivity (Wildman–Crippen MR) is 89.5 cm³/mol. The van der Waals surface area contributed by atoms with Crippen LogP contribution in [0.3, 0.4) is 0 Å². The van der Waals surface area contributed by atoms with Crippen LogP contribution in [-0.2, 0) is 0 Å². The van der Waals surface area contributed by atoms with Crippen molar-refractivity contribution in [3.05, 3.63) is 0 Å². The van der Waals surface area contributed by atoms with Crippen molar-refractivity contribution < 1.29 is 5.11 Å². The maximum atomic E-state index is 9.41. The normalized spacial score (nSPS) is 22.7. The van der Waals surface area contributed by atoms with Crippen LogP contribution in [0.15, 0.2) is 0 Å². The molecule has 2 saturated carbocycles. The molecular weight excluding hydrogens is 260 g/mol. The molecule has 0 aromatic carbocycles. The van der Waals surface area contributed by atoms with Crippen molar-refractivity contribution in [2.45, 2.75) is 71.3 Å². The highest BCUT2D eigenvalue weighted by atomic mass is 16.3. The van der Waals surface area contributed by atoms with Crippen LogP contribution in [0.4, 0.5) is 0 Å². The Morgan fingerprint density at radius 2 is 1.86 bits per heavy atom. The first-order valence-corrected chi connectivity index (χ1v) is 9.21. The van der Waals surface area contributed by atoms with E-state index in [4.69, 9.17) is 0 Å². The molecular formula is C18H36N2O. The molecule has 0 amide bonds. The molecule has 0 saturated heterocycles. The van der Waals surface area contributed by atoms with Gasteiger partial charge in [-0.2, -0.15) is 0 Å². The highest BCUT2D eigenvalue weighted by molar-refractivity contribution is 4.91. The molecule has 3 heteroatoms. The van der Waals surface area contributed by atoms with Crippen molar-refractivity contribution in [2.24, 2.45) is 11.3 Å². The number of nitrogens with one attached hydrogen (secondary N) is 1. The topological polar surface area (TPSA) is 35.5 Å². The van der Waals surface area contributed by atoms with E-state index in [0.717, 1.165) is 25.0 Å². The van der Waals surface area contributed by atoms with Gasteiger partial charge in [0.2, 0.25) is 0 Å². The molecule has 0 aromatic rings. The van der Waals surface area contributed by atoms with Crippen LogP contribution < -0.4 is 5.32 Å². The van der Waals surface area contributed by atoms with E-state index in [-0.39, 0.29) is 0 Å². The maximum Gasteiger partial charge on any atom is 0.0558 e. The molecule has 0 aliphatic heterocycles. The minimum atomic E-state index is 0.312. The maximum absolute atomic E-state index is 9.41. The summed E-state index contributed by atoms with van der Waals surface area (Å²) >= 11 is 0. The Labute approximate surface area is 131 Å². The van der Waals surface area contributed by atoms with Crippen LogP contribution in [0.2, 0.25) is 0 Å². The van der Waals surface area contributed by atoms with E-state index in [1.165, 1.54) is 64.5 Å². The number of nitrogens with zero attached hydrogens (tertiary/aromatic N) is 1. The van der Waals surface area contributed by atoms with E-state index in [0.29, 0.717) is 12.0 Å². The number of aliphatic hydroxyl groups is 1. The zero-order valence-electron chi connectivity index (χ0n) is 14.2. The van der Waals surface area contributed by atoms with E-state index in [1.807, 2.05) is 0 Å². The van der Waals surface area contributed by atoms with Gasteiger partial charge in [0.1, 0.15) is 0 Å². The Hall–Kier alpha value is -0.120. The Kier molecular flexibility index (Phi) is 6.97. The average Bonchev–Trinajstić information content (AvgIpc) is 2.37. The van der Waals surface area contributed by atoms with Crippen LogP contribution in [-0.4, -0.2) is 48.8 Å². The number of aliphatic hydroxyl groups excluding tert-OH is 1. The predicted octanol–water partition coefficient (Wildman–Crippen LogP) is 3.03. The van der Waals surface area contributed by atoms with Gasteiger partial charge in [-0.25, -0.2) is 0 Å². The van der Waals surface area contributed by atoms with E-state index < -0.39 is 0 Å². The Morgan fingerprint density at radius 1 is 1.14 bits per heavy atom. The second-order valence-electron chi connectivity index (χ2n) is 7.86. The summed E-state index contributed by atoms with van der Waals surface area (Å²) in [4.78, 5) is 2.60. The van der Waals surface area contributed by atoms with Crippen molar-refractivity contribution in [3.63, 3.8) is 0 Å². The van der Waals surface area contributed by atoms with Crippen LogP contribution in [0, 0.1) is 11.3 Å². The lowest BCUT2D eigenvalue weighted by molar-refractivity contribution is 0.0345. The van der Waals surface area contributed by atoms with Gasteiger partial charge in [-0.15, -0.1) is 0 Å². The summed E-state index contributed by atoms with van der Waals surface area (Å²) < 4.78 is 0. The largest absolute Gasteiger partial charge is 0.395 e. The van der Waals surface area contributed by atoms with E-state index in [1.54, 1.807) is 0 Å². The van der Waals surface area contributed by atoms with Crippen molar-refractivity contribution in [2.75, 3.05) is 32.8 Å².